The Kier molecular flexibility index (Phi) is 3.34. The summed E-state index contributed by atoms with van der Waals surface area (Å²) in [4.78, 5) is 4.30. The molecule has 1 heterocycles. The Morgan fingerprint density at radius 3 is 2.47 bits per heavy atom. The molecule has 1 unspecified atom stereocenters. The number of aromatic nitrogens is 1. The van der Waals surface area contributed by atoms with E-state index in [1.807, 2.05) is 60.7 Å². The van der Waals surface area contributed by atoms with E-state index in [4.69, 9.17) is 16.3 Å². The van der Waals surface area contributed by atoms with Crippen LogP contribution in [0.5, 0.6) is 5.75 Å². The largest absolute Gasteiger partial charge is 0.470 e. The van der Waals surface area contributed by atoms with Crippen molar-refractivity contribution in [1.29, 1.82) is 0 Å². The van der Waals surface area contributed by atoms with Crippen LogP contribution in [0.25, 0.3) is 10.9 Å². The minimum Gasteiger partial charge on any atom is -0.470 e. The van der Waals surface area contributed by atoms with Crippen LogP contribution in [0.2, 0.25) is 0 Å². The average molecular weight is 270 g/mol. The van der Waals surface area contributed by atoms with Crippen LogP contribution in [0, 0.1) is 0 Å². The Morgan fingerprint density at radius 2 is 1.63 bits per heavy atom. The van der Waals surface area contributed by atoms with Gasteiger partial charge in [-0.25, -0.2) is 0 Å². The standard InChI is InChI=1S/C16H12ClNO/c17-16(12-6-2-1-3-7-12)19-15-10-11-18-14-9-5-4-8-13(14)15/h1-11,16H. The summed E-state index contributed by atoms with van der Waals surface area (Å²) >= 11 is 6.30. The third kappa shape index (κ3) is 2.54. The zero-order valence-electron chi connectivity index (χ0n) is 10.2. The Labute approximate surface area is 116 Å². The summed E-state index contributed by atoms with van der Waals surface area (Å²) in [7, 11) is 0. The van der Waals surface area contributed by atoms with Crippen LogP contribution in [0.4, 0.5) is 0 Å². The summed E-state index contributed by atoms with van der Waals surface area (Å²) in [5, 5.41) is 0.964. The molecular weight excluding hydrogens is 258 g/mol. The summed E-state index contributed by atoms with van der Waals surface area (Å²) in [5.41, 5.74) is 1.33. The van der Waals surface area contributed by atoms with Gasteiger partial charge in [0, 0.05) is 17.1 Å². The number of hydrogen-bond acceptors (Lipinski definition) is 2. The molecule has 2 nitrogen and oxygen atoms in total. The molecular formula is C16H12ClNO. The van der Waals surface area contributed by atoms with Gasteiger partial charge in [-0.15, -0.1) is 0 Å². The van der Waals surface area contributed by atoms with Crippen molar-refractivity contribution in [2.45, 2.75) is 5.56 Å². The number of rotatable bonds is 3. The second kappa shape index (κ2) is 5.29. The predicted molar refractivity (Wildman–Crippen MR) is 77.4 cm³/mol. The number of ether oxygens (including phenoxy) is 1. The lowest BCUT2D eigenvalue weighted by molar-refractivity contribution is 0.291. The lowest BCUT2D eigenvalue weighted by atomic mass is 10.2. The van der Waals surface area contributed by atoms with Gasteiger partial charge >= 0.3 is 0 Å². The summed E-state index contributed by atoms with van der Waals surface area (Å²) < 4.78 is 5.84. The van der Waals surface area contributed by atoms with Crippen molar-refractivity contribution in [1.82, 2.24) is 4.98 Å². The van der Waals surface area contributed by atoms with E-state index in [0.29, 0.717) is 0 Å². The third-order valence-corrected chi connectivity index (χ3v) is 3.24. The van der Waals surface area contributed by atoms with E-state index in [9.17, 15) is 0 Å². The average Bonchev–Trinajstić information content (AvgIpc) is 2.48. The number of alkyl halides is 1. The lowest BCUT2D eigenvalue weighted by Gasteiger charge is -2.14. The highest BCUT2D eigenvalue weighted by atomic mass is 35.5. The molecule has 0 radical (unpaired) electrons. The number of hydrogen-bond donors (Lipinski definition) is 0. The van der Waals surface area contributed by atoms with E-state index in [-0.39, 0.29) is 0 Å². The smallest absolute Gasteiger partial charge is 0.197 e. The maximum absolute atomic E-state index is 6.30. The highest BCUT2D eigenvalue weighted by Gasteiger charge is 2.11. The first kappa shape index (κ1) is 12.0. The Balaban J connectivity index is 1.94. The predicted octanol–water partition coefficient (Wildman–Crippen LogP) is 4.55. The molecule has 2 aromatic carbocycles. The van der Waals surface area contributed by atoms with E-state index in [1.165, 1.54) is 0 Å². The van der Waals surface area contributed by atoms with E-state index in [1.54, 1.807) is 6.20 Å². The van der Waals surface area contributed by atoms with Crippen molar-refractivity contribution in [2.24, 2.45) is 0 Å². The number of benzene rings is 2. The van der Waals surface area contributed by atoms with Crippen molar-refractivity contribution in [3.8, 4) is 5.75 Å². The molecule has 1 aromatic heterocycles. The Bertz CT molecular complexity index is 679. The lowest BCUT2D eigenvalue weighted by Crippen LogP contribution is -2.00. The van der Waals surface area contributed by atoms with E-state index in [2.05, 4.69) is 4.98 Å². The van der Waals surface area contributed by atoms with Crippen LogP contribution in [0.15, 0.2) is 66.9 Å². The Hall–Kier alpha value is -2.06. The molecule has 0 spiro atoms. The van der Waals surface area contributed by atoms with Gasteiger partial charge in [-0.3, -0.25) is 4.98 Å². The van der Waals surface area contributed by atoms with Gasteiger partial charge in [-0.1, -0.05) is 54.1 Å². The van der Waals surface area contributed by atoms with E-state index in [0.717, 1.165) is 22.2 Å². The van der Waals surface area contributed by atoms with Gasteiger partial charge < -0.3 is 4.74 Å². The molecule has 19 heavy (non-hydrogen) atoms. The van der Waals surface area contributed by atoms with Gasteiger partial charge in [0.2, 0.25) is 0 Å². The summed E-state index contributed by atoms with van der Waals surface area (Å²) in [5.74, 6) is 0.745. The van der Waals surface area contributed by atoms with Crippen molar-refractivity contribution in [2.75, 3.05) is 0 Å². The molecule has 3 rings (SSSR count). The summed E-state index contributed by atoms with van der Waals surface area (Å²) in [6.45, 7) is 0. The second-order valence-corrected chi connectivity index (χ2v) is 4.57. The molecule has 0 N–H and O–H groups in total. The summed E-state index contributed by atoms with van der Waals surface area (Å²) in [6, 6.07) is 19.4. The fraction of sp³-hybridized carbons (Fsp3) is 0.0625. The molecule has 94 valence electrons. The van der Waals surface area contributed by atoms with Crippen molar-refractivity contribution in [3.63, 3.8) is 0 Å². The van der Waals surface area contributed by atoms with Gasteiger partial charge in [0.05, 0.1) is 5.52 Å². The fourth-order valence-electron chi connectivity index (χ4n) is 1.96. The van der Waals surface area contributed by atoms with Gasteiger partial charge in [-0.2, -0.15) is 0 Å². The Morgan fingerprint density at radius 1 is 0.895 bits per heavy atom. The van der Waals surface area contributed by atoms with Gasteiger partial charge in [-0.05, 0) is 18.2 Å². The van der Waals surface area contributed by atoms with Crippen LogP contribution in [-0.4, -0.2) is 4.98 Å². The molecule has 3 aromatic rings. The quantitative estimate of drug-likeness (QED) is 0.651. The normalized spacial score (nSPS) is 12.3. The molecule has 0 aliphatic carbocycles. The topological polar surface area (TPSA) is 22.1 Å². The minimum atomic E-state index is -0.507. The van der Waals surface area contributed by atoms with E-state index >= 15 is 0 Å². The fourth-order valence-corrected chi connectivity index (χ4v) is 2.20. The zero-order chi connectivity index (χ0) is 13.1. The van der Waals surface area contributed by atoms with Crippen molar-refractivity contribution < 1.29 is 4.74 Å². The third-order valence-electron chi connectivity index (χ3n) is 2.90. The molecule has 0 saturated heterocycles. The monoisotopic (exact) mass is 269 g/mol. The molecule has 0 aliphatic heterocycles. The number of pyridine rings is 1. The molecule has 0 saturated carbocycles. The molecule has 0 fully saturated rings. The first-order valence-electron chi connectivity index (χ1n) is 6.04. The minimum absolute atomic E-state index is 0.507. The van der Waals surface area contributed by atoms with Crippen LogP contribution in [0.3, 0.4) is 0 Å². The number of halogens is 1. The van der Waals surface area contributed by atoms with Crippen LogP contribution in [-0.2, 0) is 0 Å². The van der Waals surface area contributed by atoms with Crippen LogP contribution >= 0.6 is 11.6 Å². The van der Waals surface area contributed by atoms with Crippen molar-refractivity contribution in [3.05, 3.63) is 72.4 Å². The number of nitrogens with zero attached hydrogens (tertiary/aromatic N) is 1. The highest BCUT2D eigenvalue weighted by Crippen LogP contribution is 2.30. The van der Waals surface area contributed by atoms with Gasteiger partial charge in [0.25, 0.3) is 0 Å². The van der Waals surface area contributed by atoms with Crippen LogP contribution < -0.4 is 4.74 Å². The molecule has 3 heteroatoms. The first-order valence-corrected chi connectivity index (χ1v) is 6.48. The molecule has 0 bridgehead atoms. The molecule has 1 atom stereocenters. The maximum atomic E-state index is 6.30. The van der Waals surface area contributed by atoms with Gasteiger partial charge in [0.15, 0.2) is 5.56 Å². The highest BCUT2D eigenvalue weighted by molar-refractivity contribution is 6.20. The molecule has 0 amide bonds. The zero-order valence-corrected chi connectivity index (χ0v) is 10.9. The summed E-state index contributed by atoms with van der Waals surface area (Å²) in [6.07, 6.45) is 1.73. The maximum Gasteiger partial charge on any atom is 0.197 e. The van der Waals surface area contributed by atoms with Crippen LogP contribution in [0.1, 0.15) is 11.1 Å². The van der Waals surface area contributed by atoms with Crippen molar-refractivity contribution >= 4 is 22.5 Å². The number of para-hydroxylation sites is 1. The SMILES string of the molecule is ClC(Oc1ccnc2ccccc12)c1ccccc1. The molecule has 0 aliphatic rings. The van der Waals surface area contributed by atoms with E-state index < -0.39 is 5.56 Å². The van der Waals surface area contributed by atoms with Gasteiger partial charge in [0.1, 0.15) is 5.75 Å². The first-order chi connectivity index (χ1) is 9.34. The number of fused-ring (bicyclic) bond motifs is 1. The second-order valence-electron chi connectivity index (χ2n) is 4.17.